The molecule has 30 heavy (non-hydrogen) atoms. The summed E-state index contributed by atoms with van der Waals surface area (Å²) in [5, 5.41) is 6.40. The van der Waals surface area contributed by atoms with Crippen LogP contribution in [0.2, 0.25) is 0 Å². The number of benzene rings is 1. The fourth-order valence-corrected chi connectivity index (χ4v) is 4.54. The number of aromatic nitrogens is 2. The predicted octanol–water partition coefficient (Wildman–Crippen LogP) is 5.43. The van der Waals surface area contributed by atoms with E-state index in [1.807, 2.05) is 37.3 Å². The quantitative estimate of drug-likeness (QED) is 0.641. The number of carbonyl (C=O) groups excluding carboxylic acids is 1. The van der Waals surface area contributed by atoms with Crippen molar-refractivity contribution in [2.45, 2.75) is 64.7 Å². The fraction of sp³-hybridized carbons (Fsp3) is 0.542. The van der Waals surface area contributed by atoms with Crippen molar-refractivity contribution < 1.29 is 4.79 Å². The van der Waals surface area contributed by atoms with Crippen LogP contribution >= 0.6 is 0 Å². The molecule has 4 rings (SSSR count). The Morgan fingerprint density at radius 3 is 2.43 bits per heavy atom. The van der Waals surface area contributed by atoms with Gasteiger partial charge < -0.3 is 15.5 Å². The second-order valence-electron chi connectivity index (χ2n) is 8.65. The highest BCUT2D eigenvalue weighted by molar-refractivity contribution is 5.90. The molecule has 1 amide bonds. The minimum absolute atomic E-state index is 0.114. The molecule has 160 valence electrons. The summed E-state index contributed by atoms with van der Waals surface area (Å²) in [6.45, 7) is 4.05. The average Bonchev–Trinajstić information content (AvgIpc) is 3.29. The maximum absolute atomic E-state index is 12.3. The van der Waals surface area contributed by atoms with E-state index in [1.165, 1.54) is 44.9 Å². The van der Waals surface area contributed by atoms with Crippen LogP contribution < -0.4 is 15.5 Å². The molecule has 6 nitrogen and oxygen atoms in total. The van der Waals surface area contributed by atoms with Crippen molar-refractivity contribution in [1.29, 1.82) is 0 Å². The van der Waals surface area contributed by atoms with Crippen molar-refractivity contribution in [3.8, 4) is 0 Å². The van der Waals surface area contributed by atoms with E-state index >= 15 is 0 Å². The largest absolute Gasteiger partial charge is 0.356 e. The molecule has 6 heteroatoms. The molecular weight excluding hydrogens is 374 g/mol. The van der Waals surface area contributed by atoms with Gasteiger partial charge in [-0.25, -0.2) is 9.97 Å². The molecule has 1 saturated carbocycles. The van der Waals surface area contributed by atoms with Crippen molar-refractivity contribution in [2.75, 3.05) is 28.6 Å². The summed E-state index contributed by atoms with van der Waals surface area (Å²) in [7, 11) is 0. The van der Waals surface area contributed by atoms with Crippen molar-refractivity contribution in [2.24, 2.45) is 5.92 Å². The second kappa shape index (κ2) is 9.92. The Balaban J connectivity index is 1.30. The molecule has 1 aliphatic carbocycles. The minimum Gasteiger partial charge on any atom is -0.356 e. The van der Waals surface area contributed by atoms with E-state index in [2.05, 4.69) is 25.5 Å². The third kappa shape index (κ3) is 5.71. The number of carbonyl (C=O) groups is 1. The van der Waals surface area contributed by atoms with Gasteiger partial charge in [-0.3, -0.25) is 4.79 Å². The molecule has 2 aromatic rings. The fourth-order valence-electron chi connectivity index (χ4n) is 4.54. The number of aryl methyl sites for hydroxylation is 1. The SMILES string of the molecule is Cc1nc(Nc2ccc(NC(=O)CCC3CCCCC3)cc2)cc(N2CCCC2)n1. The summed E-state index contributed by atoms with van der Waals surface area (Å²) >= 11 is 0. The van der Waals surface area contributed by atoms with Gasteiger partial charge in [0, 0.05) is 37.0 Å². The molecule has 2 N–H and O–H groups in total. The Morgan fingerprint density at radius 2 is 1.70 bits per heavy atom. The molecule has 0 unspecified atom stereocenters. The van der Waals surface area contributed by atoms with Crippen LogP contribution in [-0.2, 0) is 4.79 Å². The Morgan fingerprint density at radius 1 is 1.00 bits per heavy atom. The summed E-state index contributed by atoms with van der Waals surface area (Å²) in [6, 6.07) is 9.85. The van der Waals surface area contributed by atoms with Crippen LogP contribution in [0.4, 0.5) is 23.0 Å². The second-order valence-corrected chi connectivity index (χ2v) is 8.65. The van der Waals surface area contributed by atoms with Crippen LogP contribution in [0.5, 0.6) is 0 Å². The lowest BCUT2D eigenvalue weighted by molar-refractivity contribution is -0.116. The number of hydrogen-bond donors (Lipinski definition) is 2. The van der Waals surface area contributed by atoms with E-state index in [4.69, 9.17) is 0 Å². The third-order valence-electron chi connectivity index (χ3n) is 6.20. The van der Waals surface area contributed by atoms with E-state index in [0.29, 0.717) is 6.42 Å². The highest BCUT2D eigenvalue weighted by atomic mass is 16.1. The Bertz CT molecular complexity index is 839. The summed E-state index contributed by atoms with van der Waals surface area (Å²) in [5.41, 5.74) is 1.78. The van der Waals surface area contributed by atoms with Gasteiger partial charge >= 0.3 is 0 Å². The Hall–Kier alpha value is -2.63. The van der Waals surface area contributed by atoms with Gasteiger partial charge in [0.15, 0.2) is 0 Å². The summed E-state index contributed by atoms with van der Waals surface area (Å²) < 4.78 is 0. The van der Waals surface area contributed by atoms with Gasteiger partial charge in [0.2, 0.25) is 5.91 Å². The molecule has 0 radical (unpaired) electrons. The molecule has 2 aliphatic rings. The van der Waals surface area contributed by atoms with Gasteiger partial charge in [-0.15, -0.1) is 0 Å². The van der Waals surface area contributed by atoms with E-state index in [9.17, 15) is 4.79 Å². The molecule has 1 aromatic carbocycles. The van der Waals surface area contributed by atoms with Crippen LogP contribution in [0.3, 0.4) is 0 Å². The molecule has 1 aliphatic heterocycles. The first kappa shape index (κ1) is 20.6. The number of rotatable bonds is 7. The summed E-state index contributed by atoms with van der Waals surface area (Å²) in [4.78, 5) is 23.7. The normalized spacial score (nSPS) is 17.2. The highest BCUT2D eigenvalue weighted by Gasteiger charge is 2.16. The highest BCUT2D eigenvalue weighted by Crippen LogP contribution is 2.27. The van der Waals surface area contributed by atoms with E-state index in [0.717, 1.165) is 54.3 Å². The average molecular weight is 408 g/mol. The number of nitrogens with one attached hydrogen (secondary N) is 2. The molecule has 0 atom stereocenters. The van der Waals surface area contributed by atoms with E-state index in [1.54, 1.807) is 0 Å². The van der Waals surface area contributed by atoms with Gasteiger partial charge in [0.25, 0.3) is 0 Å². The predicted molar refractivity (Wildman–Crippen MR) is 122 cm³/mol. The molecule has 1 saturated heterocycles. The van der Waals surface area contributed by atoms with Crippen LogP contribution in [0, 0.1) is 12.8 Å². The lowest BCUT2D eigenvalue weighted by Gasteiger charge is -2.21. The molecule has 2 fully saturated rings. The topological polar surface area (TPSA) is 70.2 Å². The first-order valence-corrected chi connectivity index (χ1v) is 11.4. The van der Waals surface area contributed by atoms with Gasteiger partial charge in [0.05, 0.1) is 0 Å². The van der Waals surface area contributed by atoms with Crippen LogP contribution in [0.25, 0.3) is 0 Å². The lowest BCUT2D eigenvalue weighted by atomic mass is 9.86. The Labute approximate surface area is 179 Å². The summed E-state index contributed by atoms with van der Waals surface area (Å²) in [6.07, 6.45) is 10.7. The van der Waals surface area contributed by atoms with Crippen molar-refractivity contribution in [3.05, 3.63) is 36.2 Å². The zero-order valence-corrected chi connectivity index (χ0v) is 18.0. The van der Waals surface area contributed by atoms with Crippen molar-refractivity contribution in [3.63, 3.8) is 0 Å². The standard InChI is InChI=1S/C24H33N5O/c1-18-25-22(17-23(26-18)29-15-5-6-16-29)27-20-10-12-21(13-11-20)28-24(30)14-9-19-7-3-2-4-8-19/h10-13,17,19H,2-9,14-16H2,1H3,(H,28,30)(H,25,26,27). The molecule has 0 spiro atoms. The van der Waals surface area contributed by atoms with Crippen molar-refractivity contribution in [1.82, 2.24) is 9.97 Å². The van der Waals surface area contributed by atoms with Crippen molar-refractivity contribution >= 4 is 28.9 Å². The first-order chi connectivity index (χ1) is 14.7. The third-order valence-corrected chi connectivity index (χ3v) is 6.20. The summed E-state index contributed by atoms with van der Waals surface area (Å²) in [5.74, 6) is 3.41. The molecule has 2 heterocycles. The molecule has 1 aromatic heterocycles. The number of anilines is 4. The van der Waals surface area contributed by atoms with E-state index in [-0.39, 0.29) is 5.91 Å². The lowest BCUT2D eigenvalue weighted by Crippen LogP contribution is -2.19. The van der Waals surface area contributed by atoms with Gasteiger partial charge in [0.1, 0.15) is 17.5 Å². The van der Waals surface area contributed by atoms with Crippen LogP contribution in [-0.4, -0.2) is 29.0 Å². The minimum atomic E-state index is 0.114. The van der Waals surface area contributed by atoms with Gasteiger partial charge in [-0.1, -0.05) is 32.1 Å². The monoisotopic (exact) mass is 407 g/mol. The number of hydrogen-bond acceptors (Lipinski definition) is 5. The zero-order valence-electron chi connectivity index (χ0n) is 18.0. The van der Waals surface area contributed by atoms with Gasteiger partial charge in [-0.2, -0.15) is 0 Å². The smallest absolute Gasteiger partial charge is 0.224 e. The molecular formula is C24H33N5O. The molecule has 0 bridgehead atoms. The van der Waals surface area contributed by atoms with Crippen LogP contribution in [0.1, 0.15) is 63.6 Å². The van der Waals surface area contributed by atoms with E-state index < -0.39 is 0 Å². The van der Waals surface area contributed by atoms with Crippen LogP contribution in [0.15, 0.2) is 30.3 Å². The zero-order chi connectivity index (χ0) is 20.8. The number of nitrogens with zero attached hydrogens (tertiary/aromatic N) is 3. The maximum Gasteiger partial charge on any atom is 0.224 e. The first-order valence-electron chi connectivity index (χ1n) is 11.4. The maximum atomic E-state index is 12.3. The Kier molecular flexibility index (Phi) is 6.82. The number of amides is 1. The van der Waals surface area contributed by atoms with Gasteiger partial charge in [-0.05, 0) is 56.4 Å².